The van der Waals surface area contributed by atoms with E-state index in [2.05, 4.69) is 0 Å². The summed E-state index contributed by atoms with van der Waals surface area (Å²) in [5.41, 5.74) is 2.92. The first-order valence-corrected chi connectivity index (χ1v) is 18.4. The molecule has 0 radical (unpaired) electrons. The Morgan fingerprint density at radius 2 is 0.877 bits per heavy atom. The summed E-state index contributed by atoms with van der Waals surface area (Å²) in [7, 11) is 0. The van der Waals surface area contributed by atoms with Gasteiger partial charge in [-0.05, 0) is 108 Å². The quantitative estimate of drug-likeness (QED) is 0.150. The van der Waals surface area contributed by atoms with Crippen molar-refractivity contribution in [3.05, 3.63) is 236 Å². The molecule has 0 heterocycles. The molecule has 0 amide bonds. The number of rotatable bonds is 8. The Morgan fingerprint density at radius 3 is 1.58 bits per heavy atom. The van der Waals surface area contributed by atoms with Crippen molar-refractivity contribution in [2.24, 2.45) is 0 Å². The van der Waals surface area contributed by atoms with E-state index in [4.69, 9.17) is 6.85 Å². The minimum absolute atomic E-state index is 0.123. The summed E-state index contributed by atoms with van der Waals surface area (Å²) in [4.78, 5) is 0.782. The monoisotopic (exact) mass is 740 g/mol. The molecule has 0 spiro atoms. The Kier molecular flexibility index (Phi) is 5.67. The van der Waals surface area contributed by atoms with E-state index in [9.17, 15) is 13.7 Å². The van der Waals surface area contributed by atoms with Crippen LogP contribution < -0.4 is 4.90 Å². The fraction of sp³-hybridized carbons (Fsp3) is 0. The molecule has 1 heteroatoms. The minimum atomic E-state index is -0.871. The molecular formula is C56H39N. The standard InChI is InChI=1S/C56H39N/c1-4-15-41(16-5-1)50-37-32-47(39-54(50)43-17-6-2-7-18-43)40-27-33-48(34-28-40)57(55-26-14-23-42-19-10-12-24-51(42)55)49-35-29-45(30-36-49)53-38-31-44-20-11-13-25-52(44)56(53)46-21-8-3-9-22-46/h1-39H/i10D,12D,14D,19D,23D,24D,26D,27D,28D,29D,30D,33D,34D,35D,36D. The van der Waals surface area contributed by atoms with Gasteiger partial charge in [0.1, 0.15) is 0 Å². The van der Waals surface area contributed by atoms with Gasteiger partial charge in [0, 0.05) is 16.8 Å². The number of benzene rings is 10. The van der Waals surface area contributed by atoms with Crippen molar-refractivity contribution in [1.82, 2.24) is 0 Å². The van der Waals surface area contributed by atoms with E-state index < -0.39 is 118 Å². The number of fused-ring (bicyclic) bond motifs is 2. The molecule has 10 rings (SSSR count). The number of nitrogens with zero attached hydrogens (tertiary/aromatic N) is 1. The largest absolute Gasteiger partial charge is 0.310 e. The molecule has 0 atom stereocenters. The minimum Gasteiger partial charge on any atom is -0.310 e. The summed E-state index contributed by atoms with van der Waals surface area (Å²) < 4.78 is 141. The third-order valence-corrected chi connectivity index (χ3v) is 9.93. The Morgan fingerprint density at radius 1 is 0.316 bits per heavy atom. The number of hydrogen-bond donors (Lipinski definition) is 0. The molecule has 0 aliphatic carbocycles. The van der Waals surface area contributed by atoms with Crippen LogP contribution in [0.15, 0.2) is 236 Å². The van der Waals surface area contributed by atoms with Gasteiger partial charge >= 0.3 is 0 Å². The van der Waals surface area contributed by atoms with Gasteiger partial charge in [-0.3, -0.25) is 0 Å². The zero-order valence-corrected chi connectivity index (χ0v) is 30.3. The number of hydrogen-bond acceptors (Lipinski definition) is 1. The zero-order valence-electron chi connectivity index (χ0n) is 45.3. The lowest BCUT2D eigenvalue weighted by Crippen LogP contribution is -2.10. The lowest BCUT2D eigenvalue weighted by atomic mass is 9.89. The first kappa shape index (κ1) is 21.6. The smallest absolute Gasteiger partial charge is 0.0645 e. The topological polar surface area (TPSA) is 3.24 Å². The lowest BCUT2D eigenvalue weighted by Gasteiger charge is -2.27. The van der Waals surface area contributed by atoms with Gasteiger partial charge in [-0.25, -0.2) is 0 Å². The van der Waals surface area contributed by atoms with Crippen LogP contribution in [0.3, 0.4) is 0 Å². The summed E-state index contributed by atoms with van der Waals surface area (Å²) in [5.74, 6) is 0. The van der Waals surface area contributed by atoms with Crippen LogP contribution in [0, 0.1) is 0 Å². The van der Waals surface area contributed by atoms with Crippen LogP contribution in [0.25, 0.3) is 77.2 Å². The van der Waals surface area contributed by atoms with Crippen molar-refractivity contribution in [3.8, 4) is 55.6 Å². The summed E-state index contributed by atoms with van der Waals surface area (Å²) in [5, 5.41) is 0.544. The van der Waals surface area contributed by atoms with Gasteiger partial charge in [0.05, 0.1) is 26.2 Å². The third kappa shape index (κ3) is 6.56. The lowest BCUT2D eigenvalue weighted by molar-refractivity contribution is 1.30. The summed E-state index contributed by atoms with van der Waals surface area (Å²) in [6, 6.07) is 33.6. The second-order valence-corrected chi connectivity index (χ2v) is 13.3. The molecule has 0 saturated carbocycles. The van der Waals surface area contributed by atoms with Gasteiger partial charge in [0.2, 0.25) is 0 Å². The maximum atomic E-state index is 9.81. The highest BCUT2D eigenvalue weighted by atomic mass is 15.1. The normalized spacial score (nSPS) is 14.8. The predicted octanol–water partition coefficient (Wildman–Crippen LogP) is 15.8. The van der Waals surface area contributed by atoms with Crippen LogP contribution in [0.2, 0.25) is 0 Å². The molecule has 57 heavy (non-hydrogen) atoms. The molecule has 10 aromatic rings. The van der Waals surface area contributed by atoms with Crippen molar-refractivity contribution in [2.45, 2.75) is 0 Å². The van der Waals surface area contributed by atoms with E-state index in [0.29, 0.717) is 16.7 Å². The van der Waals surface area contributed by atoms with Gasteiger partial charge in [0.15, 0.2) is 0 Å². The van der Waals surface area contributed by atoms with Gasteiger partial charge in [-0.15, -0.1) is 0 Å². The van der Waals surface area contributed by atoms with E-state index in [1.54, 1.807) is 24.3 Å². The predicted molar refractivity (Wildman–Crippen MR) is 243 cm³/mol. The van der Waals surface area contributed by atoms with Gasteiger partial charge in [-0.2, -0.15) is 0 Å². The highest BCUT2D eigenvalue weighted by Crippen LogP contribution is 2.43. The first-order chi connectivity index (χ1) is 34.5. The van der Waals surface area contributed by atoms with Gasteiger partial charge in [0.25, 0.3) is 0 Å². The molecule has 0 fully saturated rings. The second kappa shape index (κ2) is 15.0. The third-order valence-electron chi connectivity index (χ3n) is 9.93. The Hall–Kier alpha value is -7.48. The molecule has 268 valence electrons. The zero-order chi connectivity index (χ0) is 51.0. The molecule has 0 aliphatic heterocycles. The maximum absolute atomic E-state index is 9.81. The fourth-order valence-corrected chi connectivity index (χ4v) is 7.24. The van der Waals surface area contributed by atoms with E-state index in [1.807, 2.05) is 121 Å². The summed E-state index contributed by atoms with van der Waals surface area (Å²) in [6.07, 6.45) is 0. The van der Waals surface area contributed by atoms with Gasteiger partial charge in [-0.1, -0.05) is 200 Å². The molecule has 0 bridgehead atoms. The Balaban J connectivity index is 1.30. The van der Waals surface area contributed by atoms with Gasteiger partial charge < -0.3 is 4.90 Å². The molecule has 1 nitrogen and oxygen atoms in total. The van der Waals surface area contributed by atoms with Crippen LogP contribution in [-0.2, 0) is 0 Å². The van der Waals surface area contributed by atoms with E-state index in [0.717, 1.165) is 43.5 Å². The van der Waals surface area contributed by atoms with Crippen molar-refractivity contribution in [3.63, 3.8) is 0 Å². The molecule has 0 unspecified atom stereocenters. The second-order valence-electron chi connectivity index (χ2n) is 13.3. The van der Waals surface area contributed by atoms with Crippen LogP contribution in [0.5, 0.6) is 0 Å². The summed E-state index contributed by atoms with van der Waals surface area (Å²) >= 11 is 0. The average Bonchev–Trinajstić information content (AvgIpc) is 3.40. The van der Waals surface area contributed by atoms with Crippen molar-refractivity contribution in [2.75, 3.05) is 4.90 Å². The van der Waals surface area contributed by atoms with Crippen LogP contribution in [0.4, 0.5) is 17.1 Å². The van der Waals surface area contributed by atoms with E-state index >= 15 is 0 Å². The molecule has 0 aliphatic rings. The SMILES string of the molecule is [2H]c1c([2H])c(N(c2c([2H])c([2H])c(-c3ccc4ccccc4c3-c3ccccc3)c([2H])c2[2H])c2c([2H])c([2H])c([2H])c3c([2H])c([2H])c([2H])c([2H])c23)c([2H])c([2H])c1-c1ccc(-c2ccccc2)c(-c2ccccc2)c1. The Bertz CT molecular complexity index is 3800. The van der Waals surface area contributed by atoms with E-state index in [-0.39, 0.29) is 11.1 Å². The van der Waals surface area contributed by atoms with Crippen molar-refractivity contribution < 1.29 is 20.6 Å². The Labute approximate surface area is 355 Å². The fourth-order valence-electron chi connectivity index (χ4n) is 7.24. The molecule has 10 aromatic carbocycles. The average molecular weight is 741 g/mol. The highest BCUT2D eigenvalue weighted by molar-refractivity contribution is 6.04. The molecule has 0 N–H and O–H groups in total. The maximum Gasteiger partial charge on any atom is 0.0645 e. The van der Waals surface area contributed by atoms with Crippen LogP contribution in [-0.4, -0.2) is 0 Å². The summed E-state index contributed by atoms with van der Waals surface area (Å²) in [6.45, 7) is 0. The molecule has 0 aromatic heterocycles. The van der Waals surface area contributed by atoms with E-state index in [1.165, 1.54) is 0 Å². The first-order valence-electron chi connectivity index (χ1n) is 25.9. The molecule has 0 saturated heterocycles. The molecular weight excluding hydrogens is 687 g/mol. The van der Waals surface area contributed by atoms with Crippen LogP contribution in [0.1, 0.15) is 20.6 Å². The van der Waals surface area contributed by atoms with Crippen molar-refractivity contribution >= 4 is 38.6 Å². The van der Waals surface area contributed by atoms with Crippen molar-refractivity contribution in [1.29, 1.82) is 0 Å². The van der Waals surface area contributed by atoms with Crippen LogP contribution >= 0.6 is 0 Å². The highest BCUT2D eigenvalue weighted by Gasteiger charge is 2.18. The number of anilines is 3.